The highest BCUT2D eigenvalue weighted by Gasteiger charge is 2.03. The monoisotopic (exact) mass is 114 g/mol. The van der Waals surface area contributed by atoms with Crippen LogP contribution in [0.4, 0.5) is 0 Å². The van der Waals surface area contributed by atoms with Crippen molar-refractivity contribution in [3.8, 4) is 0 Å². The summed E-state index contributed by atoms with van der Waals surface area (Å²) in [6.45, 7) is 3.57. The second-order valence-electron chi connectivity index (χ2n) is 1.41. The third-order valence-electron chi connectivity index (χ3n) is 0.850. The first-order valence-electron chi connectivity index (χ1n) is 2.06. The standard InChI is InChI=1S/C5H6OS/c1-5-3-2-4-7(5)6/h2,4H,1,3H2. The van der Waals surface area contributed by atoms with Crippen LogP contribution in [-0.4, -0.2) is 4.21 Å². The van der Waals surface area contributed by atoms with E-state index in [1.807, 2.05) is 6.08 Å². The molecule has 1 heterocycles. The van der Waals surface area contributed by atoms with E-state index in [0.717, 1.165) is 11.3 Å². The van der Waals surface area contributed by atoms with E-state index < -0.39 is 10.8 Å². The largest absolute Gasteiger partial charge is 0.250 e. The van der Waals surface area contributed by atoms with E-state index in [9.17, 15) is 4.21 Å². The van der Waals surface area contributed by atoms with Gasteiger partial charge in [-0.1, -0.05) is 12.7 Å². The molecule has 7 heavy (non-hydrogen) atoms. The molecule has 1 aliphatic rings. The lowest BCUT2D eigenvalue weighted by Crippen LogP contribution is -1.76. The number of rotatable bonds is 0. The van der Waals surface area contributed by atoms with Crippen LogP contribution in [0.3, 0.4) is 0 Å². The van der Waals surface area contributed by atoms with Crippen LogP contribution in [0.15, 0.2) is 23.0 Å². The summed E-state index contributed by atoms with van der Waals surface area (Å²) in [5.41, 5.74) is 0. The van der Waals surface area contributed by atoms with Gasteiger partial charge in [-0.25, -0.2) is 0 Å². The lowest BCUT2D eigenvalue weighted by Gasteiger charge is -1.82. The van der Waals surface area contributed by atoms with Crippen LogP contribution in [0.5, 0.6) is 0 Å². The molecule has 0 radical (unpaired) electrons. The third kappa shape index (κ3) is 0.800. The molecule has 0 spiro atoms. The van der Waals surface area contributed by atoms with Gasteiger partial charge in [0, 0.05) is 10.3 Å². The van der Waals surface area contributed by atoms with Crippen LogP contribution in [0.25, 0.3) is 0 Å². The van der Waals surface area contributed by atoms with E-state index in [0.29, 0.717) is 0 Å². The Bertz CT molecular complexity index is 146. The normalized spacial score (nSPS) is 29.1. The molecule has 1 atom stereocenters. The first-order chi connectivity index (χ1) is 3.30. The summed E-state index contributed by atoms with van der Waals surface area (Å²) in [5, 5.41) is 1.67. The van der Waals surface area contributed by atoms with Crippen LogP contribution in [0.1, 0.15) is 6.42 Å². The van der Waals surface area contributed by atoms with Crippen molar-refractivity contribution in [2.75, 3.05) is 0 Å². The summed E-state index contributed by atoms with van der Waals surface area (Å²) in [5.74, 6) is 0. The summed E-state index contributed by atoms with van der Waals surface area (Å²) in [4.78, 5) is 0.819. The molecular formula is C5H6OS. The smallest absolute Gasteiger partial charge is 0.0728 e. The molecule has 0 saturated heterocycles. The first kappa shape index (κ1) is 4.78. The minimum absolute atomic E-state index is 0.798. The Kier molecular flexibility index (Phi) is 1.11. The van der Waals surface area contributed by atoms with Gasteiger partial charge in [0.1, 0.15) is 0 Å². The highest BCUT2D eigenvalue weighted by Crippen LogP contribution is 2.13. The molecule has 1 aliphatic heterocycles. The molecule has 0 N–H and O–H groups in total. The molecule has 1 unspecified atom stereocenters. The van der Waals surface area contributed by atoms with Crippen LogP contribution in [-0.2, 0) is 10.8 Å². The summed E-state index contributed by atoms with van der Waals surface area (Å²) >= 11 is 0. The van der Waals surface area contributed by atoms with Crippen molar-refractivity contribution in [2.24, 2.45) is 0 Å². The van der Waals surface area contributed by atoms with Crippen molar-refractivity contribution < 1.29 is 4.21 Å². The Balaban J connectivity index is 2.81. The minimum atomic E-state index is -0.843. The first-order valence-corrected chi connectivity index (χ1v) is 3.27. The van der Waals surface area contributed by atoms with Crippen LogP contribution >= 0.6 is 0 Å². The predicted molar refractivity (Wildman–Crippen MR) is 31.0 cm³/mol. The zero-order valence-electron chi connectivity index (χ0n) is 3.89. The van der Waals surface area contributed by atoms with E-state index in [1.165, 1.54) is 0 Å². The van der Waals surface area contributed by atoms with Crippen molar-refractivity contribution in [1.29, 1.82) is 0 Å². The van der Waals surface area contributed by atoms with E-state index in [1.54, 1.807) is 5.41 Å². The lowest BCUT2D eigenvalue weighted by atomic mass is 10.4. The number of hydrogen-bond donors (Lipinski definition) is 0. The Morgan fingerprint density at radius 1 is 1.86 bits per heavy atom. The Morgan fingerprint density at radius 3 is 2.71 bits per heavy atom. The van der Waals surface area contributed by atoms with E-state index in [4.69, 9.17) is 0 Å². The van der Waals surface area contributed by atoms with E-state index in [-0.39, 0.29) is 0 Å². The average molecular weight is 114 g/mol. The summed E-state index contributed by atoms with van der Waals surface area (Å²) in [6, 6.07) is 0. The zero-order chi connectivity index (χ0) is 5.28. The van der Waals surface area contributed by atoms with E-state index >= 15 is 0 Å². The molecule has 0 aromatic carbocycles. The van der Waals surface area contributed by atoms with Gasteiger partial charge in [0.05, 0.1) is 10.8 Å². The quantitative estimate of drug-likeness (QED) is 0.462. The molecule has 0 aromatic rings. The topological polar surface area (TPSA) is 17.1 Å². The van der Waals surface area contributed by atoms with Gasteiger partial charge in [-0.05, 0) is 6.42 Å². The molecule has 1 nitrogen and oxygen atoms in total. The van der Waals surface area contributed by atoms with Gasteiger partial charge in [-0.15, -0.1) is 0 Å². The van der Waals surface area contributed by atoms with Gasteiger partial charge in [0.25, 0.3) is 0 Å². The maximum absolute atomic E-state index is 10.5. The Hall–Kier alpha value is -0.370. The fraction of sp³-hybridized carbons (Fsp3) is 0.200. The van der Waals surface area contributed by atoms with E-state index in [2.05, 4.69) is 6.58 Å². The number of hydrogen-bond acceptors (Lipinski definition) is 1. The SMILES string of the molecule is C=C1CC=CS1=O. The van der Waals surface area contributed by atoms with Crippen LogP contribution < -0.4 is 0 Å². The van der Waals surface area contributed by atoms with Crippen molar-refractivity contribution >= 4 is 10.8 Å². The molecule has 0 amide bonds. The second kappa shape index (κ2) is 1.62. The highest BCUT2D eigenvalue weighted by atomic mass is 32.2. The van der Waals surface area contributed by atoms with Crippen LogP contribution in [0, 0.1) is 0 Å². The maximum Gasteiger partial charge on any atom is 0.0728 e. The summed E-state index contributed by atoms with van der Waals surface area (Å²) in [7, 11) is -0.843. The Labute approximate surface area is 45.2 Å². The fourth-order valence-corrected chi connectivity index (χ4v) is 1.17. The summed E-state index contributed by atoms with van der Waals surface area (Å²) in [6.07, 6.45) is 2.67. The second-order valence-corrected chi connectivity index (χ2v) is 2.86. The minimum Gasteiger partial charge on any atom is -0.250 e. The van der Waals surface area contributed by atoms with Gasteiger partial charge in [-0.3, -0.25) is 4.21 Å². The zero-order valence-corrected chi connectivity index (χ0v) is 4.70. The maximum atomic E-state index is 10.5. The van der Waals surface area contributed by atoms with Crippen molar-refractivity contribution in [3.63, 3.8) is 0 Å². The average Bonchev–Trinajstić information content (AvgIpc) is 1.91. The van der Waals surface area contributed by atoms with Crippen molar-refractivity contribution in [1.82, 2.24) is 0 Å². The third-order valence-corrected chi connectivity index (χ3v) is 2.03. The molecule has 38 valence electrons. The molecule has 0 aliphatic carbocycles. The Morgan fingerprint density at radius 2 is 2.57 bits per heavy atom. The van der Waals surface area contributed by atoms with Crippen LogP contribution in [0.2, 0.25) is 0 Å². The summed E-state index contributed by atoms with van der Waals surface area (Å²) < 4.78 is 10.5. The predicted octanol–water partition coefficient (Wildman–Crippen LogP) is 1.17. The van der Waals surface area contributed by atoms with Crippen molar-refractivity contribution in [3.05, 3.63) is 23.0 Å². The molecule has 0 saturated carbocycles. The molecule has 0 aromatic heterocycles. The molecule has 1 rings (SSSR count). The van der Waals surface area contributed by atoms with Gasteiger partial charge >= 0.3 is 0 Å². The fourth-order valence-electron chi connectivity index (χ4n) is 0.445. The number of allylic oxidation sites excluding steroid dienone is 2. The lowest BCUT2D eigenvalue weighted by molar-refractivity contribution is 0.692. The van der Waals surface area contributed by atoms with Gasteiger partial charge in [0.2, 0.25) is 0 Å². The molecule has 0 fully saturated rings. The molecular weight excluding hydrogens is 108 g/mol. The highest BCUT2D eigenvalue weighted by molar-refractivity contribution is 7.92. The molecule has 2 heteroatoms. The van der Waals surface area contributed by atoms with Gasteiger partial charge in [0.15, 0.2) is 0 Å². The van der Waals surface area contributed by atoms with Gasteiger partial charge < -0.3 is 0 Å². The van der Waals surface area contributed by atoms with Gasteiger partial charge in [-0.2, -0.15) is 0 Å². The van der Waals surface area contributed by atoms with Crippen molar-refractivity contribution in [2.45, 2.75) is 6.42 Å². The molecule has 0 bridgehead atoms.